The molecule has 4 N–H and O–H groups in total. The number of nitrogens with one attached hydrogen (secondary N) is 2. The van der Waals surface area contributed by atoms with Crippen LogP contribution in [0.2, 0.25) is 0 Å². The normalized spacial score (nSPS) is 10.6. The number of nitrogens with two attached hydrogens (primary N) is 1. The number of amides is 1. The zero-order chi connectivity index (χ0) is 7.11. The van der Waals surface area contributed by atoms with Crippen LogP contribution in [-0.2, 0) is 4.79 Å². The van der Waals surface area contributed by atoms with Crippen LogP contribution in [0.15, 0.2) is 5.10 Å². The van der Waals surface area contributed by atoms with Gasteiger partial charge in [0.05, 0.1) is 5.88 Å². The predicted octanol–water partition coefficient (Wildman–Crippen LogP) is -1.25. The summed E-state index contributed by atoms with van der Waals surface area (Å²) in [5.41, 5.74) is 4.47. The van der Waals surface area contributed by atoms with E-state index in [4.69, 9.17) is 17.4 Å². The molecule has 0 atom stereocenters. The van der Waals surface area contributed by atoms with E-state index in [2.05, 4.69) is 16.0 Å². The Kier molecular flexibility index (Phi) is 4.61. The fourth-order valence-electron chi connectivity index (χ4n) is 0.213. The summed E-state index contributed by atoms with van der Waals surface area (Å²) < 4.78 is 0. The SMILES string of the molecule is NN=C(CCl)NNC=O. The Morgan fingerprint density at radius 3 is 2.89 bits per heavy atom. The Balaban J connectivity index is 3.44. The first kappa shape index (κ1) is 8.03. The maximum atomic E-state index is 9.63. The zero-order valence-corrected chi connectivity index (χ0v) is 5.35. The van der Waals surface area contributed by atoms with Crippen molar-refractivity contribution < 1.29 is 4.79 Å². The summed E-state index contributed by atoms with van der Waals surface area (Å²) in [6.07, 6.45) is 0.456. The minimum absolute atomic E-state index is 0.136. The third-order valence-electron chi connectivity index (χ3n) is 0.558. The summed E-state index contributed by atoms with van der Waals surface area (Å²) >= 11 is 5.27. The average Bonchev–Trinajstić information content (AvgIpc) is 1.91. The van der Waals surface area contributed by atoms with Crippen molar-refractivity contribution in [3.63, 3.8) is 0 Å². The van der Waals surface area contributed by atoms with Crippen molar-refractivity contribution in [2.24, 2.45) is 10.9 Å². The van der Waals surface area contributed by atoms with Crippen LogP contribution < -0.4 is 16.7 Å². The molecule has 0 saturated heterocycles. The first-order valence-corrected chi connectivity index (χ1v) is 2.66. The van der Waals surface area contributed by atoms with Gasteiger partial charge in [0, 0.05) is 0 Å². The molecule has 0 spiro atoms. The summed E-state index contributed by atoms with van der Waals surface area (Å²) in [4.78, 5) is 9.63. The number of rotatable bonds is 3. The maximum Gasteiger partial charge on any atom is 0.225 e. The third-order valence-corrected chi connectivity index (χ3v) is 0.811. The van der Waals surface area contributed by atoms with Gasteiger partial charge in [0.15, 0.2) is 5.84 Å². The smallest absolute Gasteiger partial charge is 0.225 e. The van der Waals surface area contributed by atoms with E-state index in [1.165, 1.54) is 0 Å². The van der Waals surface area contributed by atoms with E-state index in [-0.39, 0.29) is 5.88 Å². The van der Waals surface area contributed by atoms with Crippen LogP contribution in [0.1, 0.15) is 0 Å². The Bertz CT molecular complexity index is 114. The highest BCUT2D eigenvalue weighted by atomic mass is 35.5. The van der Waals surface area contributed by atoms with Crippen molar-refractivity contribution >= 4 is 23.8 Å². The maximum absolute atomic E-state index is 9.63. The van der Waals surface area contributed by atoms with Crippen LogP contribution in [0.5, 0.6) is 0 Å². The molecular formula is C3H7ClN4O. The lowest BCUT2D eigenvalue weighted by molar-refractivity contribution is -0.110. The zero-order valence-electron chi connectivity index (χ0n) is 4.60. The van der Waals surface area contributed by atoms with Crippen LogP contribution in [0.3, 0.4) is 0 Å². The van der Waals surface area contributed by atoms with E-state index >= 15 is 0 Å². The lowest BCUT2D eigenvalue weighted by atomic mass is 10.7. The van der Waals surface area contributed by atoms with Crippen LogP contribution in [0.4, 0.5) is 0 Å². The second-order valence-electron chi connectivity index (χ2n) is 1.10. The van der Waals surface area contributed by atoms with Gasteiger partial charge >= 0.3 is 0 Å². The van der Waals surface area contributed by atoms with Crippen LogP contribution in [-0.4, -0.2) is 18.1 Å². The monoisotopic (exact) mass is 150 g/mol. The average molecular weight is 151 g/mol. The summed E-state index contributed by atoms with van der Waals surface area (Å²) in [6.45, 7) is 0. The molecule has 0 aromatic heterocycles. The molecule has 0 heterocycles. The third kappa shape index (κ3) is 3.60. The van der Waals surface area contributed by atoms with Gasteiger partial charge in [-0.05, 0) is 0 Å². The minimum atomic E-state index is 0.136. The van der Waals surface area contributed by atoms with Gasteiger partial charge in [-0.15, -0.1) is 11.6 Å². The van der Waals surface area contributed by atoms with E-state index in [0.717, 1.165) is 0 Å². The number of alkyl halides is 1. The number of halogens is 1. The standard InChI is InChI=1S/C3H7ClN4O/c4-1-3(7-5)8-6-2-9/h2H,1,5H2,(H,6,9)(H,7,8). The second-order valence-corrected chi connectivity index (χ2v) is 1.36. The van der Waals surface area contributed by atoms with Crippen molar-refractivity contribution in [3.05, 3.63) is 0 Å². The lowest BCUT2D eigenvalue weighted by Gasteiger charge is -2.00. The van der Waals surface area contributed by atoms with Crippen molar-refractivity contribution in [3.8, 4) is 0 Å². The first-order chi connectivity index (χ1) is 4.35. The molecule has 0 aliphatic heterocycles. The molecule has 0 fully saturated rings. The molecule has 0 rings (SSSR count). The van der Waals surface area contributed by atoms with E-state index in [0.29, 0.717) is 12.2 Å². The van der Waals surface area contributed by atoms with Gasteiger partial charge in [-0.1, -0.05) is 0 Å². The number of hydrazone groups is 1. The van der Waals surface area contributed by atoms with Crippen molar-refractivity contribution in [1.82, 2.24) is 10.9 Å². The van der Waals surface area contributed by atoms with Gasteiger partial charge < -0.3 is 5.84 Å². The molecular weight excluding hydrogens is 144 g/mol. The molecule has 9 heavy (non-hydrogen) atoms. The van der Waals surface area contributed by atoms with Gasteiger partial charge in [0.25, 0.3) is 0 Å². The quantitative estimate of drug-likeness (QED) is 0.117. The second kappa shape index (κ2) is 5.17. The molecule has 1 amide bonds. The molecule has 5 nitrogen and oxygen atoms in total. The summed E-state index contributed by atoms with van der Waals surface area (Å²) in [7, 11) is 0. The fourth-order valence-corrected chi connectivity index (χ4v) is 0.349. The molecule has 0 aromatic carbocycles. The number of hydrogen-bond donors (Lipinski definition) is 3. The number of nitrogens with zero attached hydrogens (tertiary/aromatic N) is 1. The number of hydrazine groups is 1. The highest BCUT2D eigenvalue weighted by molar-refractivity contribution is 6.28. The van der Waals surface area contributed by atoms with Gasteiger partial charge in [-0.25, -0.2) is 0 Å². The highest BCUT2D eigenvalue weighted by Gasteiger charge is 1.90. The molecule has 0 bridgehead atoms. The fraction of sp³-hybridized carbons (Fsp3) is 0.333. The largest absolute Gasteiger partial charge is 0.321 e. The van der Waals surface area contributed by atoms with Crippen LogP contribution in [0, 0.1) is 0 Å². The first-order valence-electron chi connectivity index (χ1n) is 2.13. The van der Waals surface area contributed by atoms with E-state index in [1.807, 2.05) is 0 Å². The van der Waals surface area contributed by atoms with Crippen LogP contribution >= 0.6 is 11.6 Å². The highest BCUT2D eigenvalue weighted by Crippen LogP contribution is 1.73. The molecule has 6 heteroatoms. The molecule has 0 saturated carbocycles. The van der Waals surface area contributed by atoms with E-state index < -0.39 is 0 Å². The molecule has 0 unspecified atom stereocenters. The van der Waals surface area contributed by atoms with Crippen LogP contribution in [0.25, 0.3) is 0 Å². The van der Waals surface area contributed by atoms with Gasteiger partial charge in [0.2, 0.25) is 6.41 Å². The topological polar surface area (TPSA) is 79.5 Å². The van der Waals surface area contributed by atoms with Crippen molar-refractivity contribution in [1.29, 1.82) is 0 Å². The lowest BCUT2D eigenvalue weighted by Crippen LogP contribution is -2.37. The van der Waals surface area contributed by atoms with E-state index in [1.54, 1.807) is 0 Å². The molecule has 0 aromatic rings. The van der Waals surface area contributed by atoms with Crippen molar-refractivity contribution in [2.45, 2.75) is 0 Å². The Hall–Kier alpha value is -0.970. The van der Waals surface area contributed by atoms with Gasteiger partial charge in [0.1, 0.15) is 0 Å². The number of hydrogen-bond acceptors (Lipinski definition) is 3. The van der Waals surface area contributed by atoms with E-state index in [9.17, 15) is 4.79 Å². The molecule has 0 radical (unpaired) electrons. The Morgan fingerprint density at radius 1 is 1.89 bits per heavy atom. The number of amidine groups is 1. The summed E-state index contributed by atoms with van der Waals surface area (Å²) in [5, 5.41) is 3.20. The Labute approximate surface area is 57.2 Å². The van der Waals surface area contributed by atoms with Gasteiger partial charge in [-0.2, -0.15) is 5.10 Å². The van der Waals surface area contributed by atoms with Gasteiger partial charge in [-0.3, -0.25) is 15.6 Å². The minimum Gasteiger partial charge on any atom is -0.321 e. The number of carbonyl (C=O) groups is 1. The van der Waals surface area contributed by atoms with Crippen molar-refractivity contribution in [2.75, 3.05) is 5.88 Å². The molecule has 0 aliphatic carbocycles. The summed E-state index contributed by atoms with van der Waals surface area (Å²) in [6, 6.07) is 0. The number of carbonyl (C=O) groups excluding carboxylic acids is 1. The molecule has 0 aliphatic rings. The summed E-state index contributed by atoms with van der Waals surface area (Å²) in [5.74, 6) is 5.25. The predicted molar refractivity (Wildman–Crippen MR) is 34.7 cm³/mol. The molecule has 52 valence electrons. The Morgan fingerprint density at radius 2 is 2.56 bits per heavy atom.